The summed E-state index contributed by atoms with van der Waals surface area (Å²) in [6, 6.07) is 0.224. The fraction of sp³-hybridized carbons (Fsp3) is 1.00. The van der Waals surface area contributed by atoms with E-state index in [4.69, 9.17) is 0 Å². The third kappa shape index (κ3) is 3.28. The topological polar surface area (TPSA) is 52.7 Å². The highest BCUT2D eigenvalue weighted by Gasteiger charge is 2.42. The van der Waals surface area contributed by atoms with Crippen molar-refractivity contribution in [1.29, 1.82) is 0 Å². The Morgan fingerprint density at radius 1 is 1.00 bits per heavy atom. The van der Waals surface area contributed by atoms with Crippen molar-refractivity contribution in [2.45, 2.75) is 51.5 Å². The van der Waals surface area contributed by atoms with Gasteiger partial charge in [-0.05, 0) is 63.5 Å². The number of rotatable bonds is 3. The minimum absolute atomic E-state index is 0.224. The molecule has 1 N–H and O–H groups in total. The predicted molar refractivity (Wildman–Crippen MR) is 84.2 cm³/mol. The molecule has 0 aromatic carbocycles. The summed E-state index contributed by atoms with van der Waals surface area (Å²) in [6.45, 7) is 6.41. The first-order chi connectivity index (χ1) is 10.1. The van der Waals surface area contributed by atoms with Gasteiger partial charge in [0.2, 0.25) is 0 Å². The molecule has 0 radical (unpaired) electrons. The van der Waals surface area contributed by atoms with Crippen molar-refractivity contribution >= 4 is 10.2 Å². The SMILES string of the molecule is CC1CCN(S(=O)(=O)N2CCCC2C2CCCNC2)CC1. The van der Waals surface area contributed by atoms with Crippen LogP contribution in [0.2, 0.25) is 0 Å². The van der Waals surface area contributed by atoms with Crippen LogP contribution in [0.3, 0.4) is 0 Å². The summed E-state index contributed by atoms with van der Waals surface area (Å²) in [5.74, 6) is 1.16. The average Bonchev–Trinajstić information content (AvgIpc) is 2.99. The third-order valence-electron chi connectivity index (χ3n) is 5.49. The molecule has 3 saturated heterocycles. The van der Waals surface area contributed by atoms with Crippen molar-refractivity contribution in [3.05, 3.63) is 0 Å². The van der Waals surface area contributed by atoms with Crippen LogP contribution in [0.5, 0.6) is 0 Å². The molecule has 2 atom stereocenters. The quantitative estimate of drug-likeness (QED) is 0.857. The molecule has 6 heteroatoms. The molecule has 2 unspecified atom stereocenters. The number of hydrogen-bond donors (Lipinski definition) is 1. The van der Waals surface area contributed by atoms with E-state index in [-0.39, 0.29) is 6.04 Å². The highest BCUT2D eigenvalue weighted by Crippen LogP contribution is 2.32. The molecule has 0 aromatic heterocycles. The van der Waals surface area contributed by atoms with E-state index < -0.39 is 10.2 Å². The Kier molecular flexibility index (Phi) is 4.88. The zero-order valence-electron chi connectivity index (χ0n) is 13.1. The van der Waals surface area contributed by atoms with E-state index in [0.717, 1.165) is 45.3 Å². The van der Waals surface area contributed by atoms with E-state index in [0.29, 0.717) is 24.9 Å². The van der Waals surface area contributed by atoms with E-state index in [2.05, 4.69) is 12.2 Å². The molecule has 0 aromatic rings. The second-order valence-corrected chi connectivity index (χ2v) is 8.90. The van der Waals surface area contributed by atoms with E-state index in [1.165, 1.54) is 12.8 Å². The minimum Gasteiger partial charge on any atom is -0.316 e. The highest BCUT2D eigenvalue weighted by molar-refractivity contribution is 7.86. The van der Waals surface area contributed by atoms with Crippen LogP contribution in [0, 0.1) is 11.8 Å². The lowest BCUT2D eigenvalue weighted by Crippen LogP contribution is -2.52. The standard InChI is InChI=1S/C15H29N3O2S/c1-13-6-10-17(11-7-13)21(19,20)18-9-3-5-15(18)14-4-2-8-16-12-14/h13-16H,2-12H2,1H3. The largest absolute Gasteiger partial charge is 0.316 e. The van der Waals surface area contributed by atoms with Crippen LogP contribution in [0.15, 0.2) is 0 Å². The Morgan fingerprint density at radius 3 is 2.43 bits per heavy atom. The van der Waals surface area contributed by atoms with Gasteiger partial charge in [-0.1, -0.05) is 6.92 Å². The first kappa shape index (κ1) is 15.7. The van der Waals surface area contributed by atoms with Gasteiger partial charge in [-0.25, -0.2) is 0 Å². The van der Waals surface area contributed by atoms with Gasteiger partial charge >= 0.3 is 0 Å². The van der Waals surface area contributed by atoms with Crippen LogP contribution in [-0.2, 0) is 10.2 Å². The molecule has 0 bridgehead atoms. The second kappa shape index (κ2) is 6.52. The Balaban J connectivity index is 1.71. The fourth-order valence-corrected chi connectivity index (χ4v) is 6.04. The van der Waals surface area contributed by atoms with Crippen molar-refractivity contribution in [2.24, 2.45) is 11.8 Å². The van der Waals surface area contributed by atoms with E-state index in [9.17, 15) is 8.42 Å². The van der Waals surface area contributed by atoms with Crippen molar-refractivity contribution < 1.29 is 8.42 Å². The first-order valence-corrected chi connectivity index (χ1v) is 9.96. The summed E-state index contributed by atoms with van der Waals surface area (Å²) >= 11 is 0. The molecular weight excluding hydrogens is 286 g/mol. The molecule has 21 heavy (non-hydrogen) atoms. The highest BCUT2D eigenvalue weighted by atomic mass is 32.2. The Bertz CT molecular complexity index is 440. The Hall–Kier alpha value is -0.170. The van der Waals surface area contributed by atoms with Gasteiger partial charge < -0.3 is 5.32 Å². The zero-order valence-corrected chi connectivity index (χ0v) is 13.9. The zero-order chi connectivity index (χ0) is 14.9. The number of piperidine rings is 2. The van der Waals surface area contributed by atoms with E-state index in [1.807, 2.05) is 4.31 Å². The van der Waals surface area contributed by atoms with E-state index in [1.54, 1.807) is 4.31 Å². The van der Waals surface area contributed by atoms with Gasteiger partial charge in [-0.3, -0.25) is 0 Å². The van der Waals surface area contributed by atoms with E-state index >= 15 is 0 Å². The van der Waals surface area contributed by atoms with Gasteiger partial charge in [0.25, 0.3) is 10.2 Å². The van der Waals surface area contributed by atoms with Crippen LogP contribution in [-0.4, -0.2) is 55.8 Å². The second-order valence-electron chi connectivity index (χ2n) is 7.02. The monoisotopic (exact) mass is 315 g/mol. The van der Waals surface area contributed by atoms with Crippen LogP contribution in [0.1, 0.15) is 45.4 Å². The van der Waals surface area contributed by atoms with Gasteiger partial charge in [-0.15, -0.1) is 0 Å². The number of nitrogens with zero attached hydrogens (tertiary/aromatic N) is 2. The normalized spacial score (nSPS) is 34.3. The first-order valence-electron chi connectivity index (χ1n) is 8.56. The summed E-state index contributed by atoms with van der Waals surface area (Å²) in [5, 5.41) is 3.43. The lowest BCUT2D eigenvalue weighted by Gasteiger charge is -2.38. The molecular formula is C15H29N3O2S. The molecule has 3 rings (SSSR count). The van der Waals surface area contributed by atoms with Crippen LogP contribution in [0.25, 0.3) is 0 Å². The molecule has 5 nitrogen and oxygen atoms in total. The van der Waals surface area contributed by atoms with Gasteiger partial charge in [0.05, 0.1) is 0 Å². The van der Waals surface area contributed by atoms with Crippen molar-refractivity contribution in [2.75, 3.05) is 32.7 Å². The predicted octanol–water partition coefficient (Wildman–Crippen LogP) is 1.43. The average molecular weight is 315 g/mol. The molecule has 0 aliphatic carbocycles. The molecule has 3 fully saturated rings. The molecule has 0 amide bonds. The summed E-state index contributed by atoms with van der Waals surface area (Å²) in [7, 11) is -3.24. The fourth-order valence-electron chi connectivity index (χ4n) is 4.09. The molecule has 3 aliphatic rings. The minimum atomic E-state index is -3.24. The molecule has 122 valence electrons. The number of hydrogen-bond acceptors (Lipinski definition) is 3. The third-order valence-corrected chi connectivity index (χ3v) is 7.56. The maximum Gasteiger partial charge on any atom is 0.282 e. The Morgan fingerprint density at radius 2 is 1.76 bits per heavy atom. The smallest absolute Gasteiger partial charge is 0.282 e. The van der Waals surface area contributed by atoms with Crippen molar-refractivity contribution in [3.8, 4) is 0 Å². The maximum absolute atomic E-state index is 13.0. The lowest BCUT2D eigenvalue weighted by molar-refractivity contribution is 0.214. The molecule has 0 saturated carbocycles. The summed E-state index contributed by atoms with van der Waals surface area (Å²) in [6.07, 6.45) is 6.41. The van der Waals surface area contributed by atoms with Crippen molar-refractivity contribution in [3.63, 3.8) is 0 Å². The summed E-state index contributed by atoms with van der Waals surface area (Å²) in [5.41, 5.74) is 0. The summed E-state index contributed by atoms with van der Waals surface area (Å²) in [4.78, 5) is 0. The van der Waals surface area contributed by atoms with Gasteiger partial charge in [0.1, 0.15) is 0 Å². The maximum atomic E-state index is 13.0. The van der Waals surface area contributed by atoms with Crippen LogP contribution >= 0.6 is 0 Å². The van der Waals surface area contributed by atoms with Crippen LogP contribution < -0.4 is 5.32 Å². The van der Waals surface area contributed by atoms with Crippen molar-refractivity contribution in [1.82, 2.24) is 13.9 Å². The molecule has 3 aliphatic heterocycles. The van der Waals surface area contributed by atoms with Crippen LogP contribution in [0.4, 0.5) is 0 Å². The van der Waals surface area contributed by atoms with Gasteiger partial charge in [0.15, 0.2) is 0 Å². The Labute approximate surface area is 129 Å². The molecule has 3 heterocycles. The van der Waals surface area contributed by atoms with Gasteiger partial charge in [-0.2, -0.15) is 17.0 Å². The molecule has 0 spiro atoms. The number of nitrogens with one attached hydrogen (secondary N) is 1. The lowest BCUT2D eigenvalue weighted by atomic mass is 9.91. The summed E-state index contributed by atoms with van der Waals surface area (Å²) < 4.78 is 29.5. The van der Waals surface area contributed by atoms with Gasteiger partial charge in [0, 0.05) is 25.7 Å².